The molecule has 0 saturated carbocycles. The van der Waals surface area contributed by atoms with Gasteiger partial charge in [-0.15, -0.1) is 0 Å². The van der Waals surface area contributed by atoms with Crippen LogP contribution in [0.25, 0.3) is 11.1 Å². The normalized spacial score (nSPS) is 17.7. The summed E-state index contributed by atoms with van der Waals surface area (Å²) in [5, 5.41) is 29.6. The van der Waals surface area contributed by atoms with Crippen LogP contribution in [0.3, 0.4) is 0 Å². The number of likely N-dealkylation sites (tertiary alicyclic amines) is 1. The molecule has 10 heteroatoms. The number of ether oxygens (including phenoxy) is 2. The number of benzene rings is 3. The average molecular weight is 527 g/mol. The monoisotopic (exact) mass is 526 g/mol. The number of amides is 1. The first-order valence-corrected chi connectivity index (χ1v) is 11.7. The molecule has 1 aliphatic heterocycles. The second kappa shape index (κ2) is 10.4. The standard InChI is InChI=1S/C28H25F3N2O5/c1-37-23-10-8-22(9-11-23)25(34)33-15-14-26(17-33,27(35,36)28(29,30)31)18-38-24-12-6-21(7-13-24)20-4-2-19(16-32)3-5-20/h2-13,35-36H,14-15,17-18H2,1H3. The molecule has 4 rings (SSSR count). The summed E-state index contributed by atoms with van der Waals surface area (Å²) in [6.45, 7) is -1.39. The maximum absolute atomic E-state index is 13.8. The van der Waals surface area contributed by atoms with Crippen molar-refractivity contribution >= 4 is 5.91 Å². The predicted molar refractivity (Wildman–Crippen MR) is 131 cm³/mol. The fraction of sp³-hybridized carbons (Fsp3) is 0.286. The maximum Gasteiger partial charge on any atom is 0.443 e. The number of nitriles is 1. The Morgan fingerprint density at radius 3 is 2.05 bits per heavy atom. The van der Waals surface area contributed by atoms with Gasteiger partial charge in [0.1, 0.15) is 18.1 Å². The summed E-state index contributed by atoms with van der Waals surface area (Å²) >= 11 is 0. The third kappa shape index (κ3) is 5.16. The molecule has 1 unspecified atom stereocenters. The number of hydrogen-bond acceptors (Lipinski definition) is 6. The van der Waals surface area contributed by atoms with Crippen molar-refractivity contribution in [3.05, 3.63) is 83.9 Å². The van der Waals surface area contributed by atoms with Crippen LogP contribution in [0, 0.1) is 16.7 Å². The Balaban J connectivity index is 1.53. The van der Waals surface area contributed by atoms with Gasteiger partial charge in [-0.1, -0.05) is 24.3 Å². The molecule has 1 aliphatic rings. The van der Waals surface area contributed by atoms with Crippen molar-refractivity contribution in [1.82, 2.24) is 4.90 Å². The van der Waals surface area contributed by atoms with Gasteiger partial charge in [-0.25, -0.2) is 0 Å². The van der Waals surface area contributed by atoms with Crippen LogP contribution in [-0.4, -0.2) is 59.8 Å². The Bertz CT molecular complexity index is 1320. The van der Waals surface area contributed by atoms with Gasteiger partial charge in [-0.2, -0.15) is 18.4 Å². The molecular weight excluding hydrogens is 501 g/mol. The number of carbonyl (C=O) groups is 1. The Labute approximate surface area is 217 Å². The SMILES string of the molecule is COc1ccc(C(=O)N2CCC(COc3ccc(-c4ccc(C#N)cc4)cc3)(C(O)(O)C(F)(F)F)C2)cc1. The van der Waals surface area contributed by atoms with E-state index in [1.54, 1.807) is 60.7 Å². The largest absolute Gasteiger partial charge is 0.497 e. The molecule has 1 saturated heterocycles. The number of rotatable bonds is 7. The number of carbonyl (C=O) groups excluding carboxylic acids is 1. The van der Waals surface area contributed by atoms with Crippen molar-refractivity contribution in [3.63, 3.8) is 0 Å². The van der Waals surface area contributed by atoms with Gasteiger partial charge in [0.2, 0.25) is 0 Å². The van der Waals surface area contributed by atoms with Crippen LogP contribution < -0.4 is 9.47 Å². The second-order valence-corrected chi connectivity index (χ2v) is 9.16. The molecule has 3 aromatic rings. The van der Waals surface area contributed by atoms with Crippen molar-refractivity contribution in [2.45, 2.75) is 18.4 Å². The van der Waals surface area contributed by atoms with Gasteiger partial charge >= 0.3 is 6.18 Å². The molecule has 0 radical (unpaired) electrons. The highest BCUT2D eigenvalue weighted by molar-refractivity contribution is 5.94. The zero-order valence-electron chi connectivity index (χ0n) is 20.4. The van der Waals surface area contributed by atoms with E-state index in [4.69, 9.17) is 14.7 Å². The van der Waals surface area contributed by atoms with E-state index in [1.807, 2.05) is 6.07 Å². The van der Waals surface area contributed by atoms with Crippen LogP contribution in [-0.2, 0) is 0 Å². The number of methoxy groups -OCH3 is 1. The third-order valence-electron chi connectivity index (χ3n) is 6.83. The highest BCUT2D eigenvalue weighted by Gasteiger charge is 2.68. The molecule has 38 heavy (non-hydrogen) atoms. The van der Waals surface area contributed by atoms with E-state index in [0.29, 0.717) is 11.3 Å². The first kappa shape index (κ1) is 27.0. The molecule has 1 amide bonds. The van der Waals surface area contributed by atoms with Crippen molar-refractivity contribution in [3.8, 4) is 28.7 Å². The molecule has 2 N–H and O–H groups in total. The molecule has 0 aliphatic carbocycles. The fourth-order valence-corrected chi connectivity index (χ4v) is 4.47. The van der Waals surface area contributed by atoms with E-state index < -0.39 is 36.4 Å². The quantitative estimate of drug-likeness (QED) is 0.443. The van der Waals surface area contributed by atoms with Crippen molar-refractivity contribution in [1.29, 1.82) is 5.26 Å². The van der Waals surface area contributed by atoms with Gasteiger partial charge in [-0.3, -0.25) is 4.79 Å². The Morgan fingerprint density at radius 2 is 1.53 bits per heavy atom. The smallest absolute Gasteiger partial charge is 0.443 e. The highest BCUT2D eigenvalue weighted by Crippen LogP contribution is 2.48. The zero-order valence-corrected chi connectivity index (χ0v) is 20.4. The molecule has 0 bridgehead atoms. The Kier molecular flexibility index (Phi) is 7.35. The lowest BCUT2D eigenvalue weighted by molar-refractivity contribution is -0.393. The second-order valence-electron chi connectivity index (χ2n) is 9.16. The van der Waals surface area contributed by atoms with Crippen molar-refractivity contribution < 1.29 is 37.7 Å². The van der Waals surface area contributed by atoms with E-state index in [0.717, 1.165) is 16.0 Å². The van der Waals surface area contributed by atoms with Gasteiger partial charge in [0.25, 0.3) is 11.7 Å². The summed E-state index contributed by atoms with van der Waals surface area (Å²) in [7, 11) is 1.46. The average Bonchev–Trinajstić information content (AvgIpc) is 3.37. The van der Waals surface area contributed by atoms with Crippen LogP contribution in [0.2, 0.25) is 0 Å². The van der Waals surface area contributed by atoms with Gasteiger partial charge in [0.15, 0.2) is 0 Å². The van der Waals surface area contributed by atoms with Crippen molar-refractivity contribution in [2.24, 2.45) is 5.41 Å². The minimum Gasteiger partial charge on any atom is -0.497 e. The Morgan fingerprint density at radius 1 is 0.974 bits per heavy atom. The van der Waals surface area contributed by atoms with Crippen LogP contribution in [0.1, 0.15) is 22.3 Å². The summed E-state index contributed by atoms with van der Waals surface area (Å²) in [5.41, 5.74) is 0.143. The molecule has 198 valence electrons. The molecule has 1 heterocycles. The molecule has 7 nitrogen and oxygen atoms in total. The summed E-state index contributed by atoms with van der Waals surface area (Å²) in [6, 6.07) is 21.5. The third-order valence-corrected chi connectivity index (χ3v) is 6.83. The first-order valence-electron chi connectivity index (χ1n) is 11.7. The maximum atomic E-state index is 13.8. The van der Waals surface area contributed by atoms with Crippen LogP contribution >= 0.6 is 0 Å². The van der Waals surface area contributed by atoms with Gasteiger partial charge in [-0.05, 0) is 66.1 Å². The Hall–Kier alpha value is -4.07. The van der Waals surface area contributed by atoms with Crippen molar-refractivity contribution in [2.75, 3.05) is 26.8 Å². The van der Waals surface area contributed by atoms with Gasteiger partial charge in [0.05, 0.1) is 24.2 Å². The minimum atomic E-state index is -5.38. The summed E-state index contributed by atoms with van der Waals surface area (Å²) in [4.78, 5) is 14.1. The molecule has 1 atom stereocenters. The summed E-state index contributed by atoms with van der Waals surface area (Å²) in [5.74, 6) is -3.91. The number of aliphatic hydroxyl groups is 2. The zero-order chi connectivity index (χ0) is 27.6. The fourth-order valence-electron chi connectivity index (χ4n) is 4.47. The lowest BCUT2D eigenvalue weighted by atomic mass is 9.78. The number of halogens is 3. The number of alkyl halides is 3. The number of nitrogens with zero attached hydrogens (tertiary/aromatic N) is 2. The molecule has 1 fully saturated rings. The van der Waals surface area contributed by atoms with E-state index in [9.17, 15) is 28.2 Å². The molecule has 0 aromatic heterocycles. The molecule has 3 aromatic carbocycles. The number of hydrogen-bond donors (Lipinski definition) is 2. The van der Waals surface area contributed by atoms with E-state index in [-0.39, 0.29) is 24.3 Å². The van der Waals surface area contributed by atoms with E-state index in [2.05, 4.69) is 0 Å². The minimum absolute atomic E-state index is 0.120. The molecule has 0 spiro atoms. The van der Waals surface area contributed by atoms with E-state index in [1.165, 1.54) is 19.2 Å². The summed E-state index contributed by atoms with van der Waals surface area (Å²) < 4.78 is 52.1. The highest BCUT2D eigenvalue weighted by atomic mass is 19.4. The topological polar surface area (TPSA) is 103 Å². The van der Waals surface area contributed by atoms with Gasteiger partial charge in [0, 0.05) is 18.7 Å². The lowest BCUT2D eigenvalue weighted by Crippen LogP contribution is -2.62. The van der Waals surface area contributed by atoms with Crippen LogP contribution in [0.4, 0.5) is 13.2 Å². The predicted octanol–water partition coefficient (Wildman–Crippen LogP) is 4.39. The summed E-state index contributed by atoms with van der Waals surface area (Å²) in [6.07, 6.45) is -5.72. The lowest BCUT2D eigenvalue weighted by Gasteiger charge is -2.41. The van der Waals surface area contributed by atoms with Crippen LogP contribution in [0.5, 0.6) is 11.5 Å². The molecular formula is C28H25F3N2O5. The first-order chi connectivity index (χ1) is 18.0. The van der Waals surface area contributed by atoms with Gasteiger partial charge < -0.3 is 24.6 Å². The van der Waals surface area contributed by atoms with Crippen LogP contribution in [0.15, 0.2) is 72.8 Å². The van der Waals surface area contributed by atoms with E-state index >= 15 is 0 Å².